The van der Waals surface area contributed by atoms with E-state index in [1.165, 1.54) is 57.8 Å². The van der Waals surface area contributed by atoms with E-state index in [1.807, 2.05) is 0 Å². The van der Waals surface area contributed by atoms with Crippen LogP contribution in [0.5, 0.6) is 0 Å². The van der Waals surface area contributed by atoms with Gasteiger partial charge in [0.2, 0.25) is 0 Å². The predicted octanol–water partition coefficient (Wildman–Crippen LogP) is 7.15. The summed E-state index contributed by atoms with van der Waals surface area (Å²) in [5, 5.41) is 0. The van der Waals surface area contributed by atoms with E-state index >= 15 is 0 Å². The molecule has 0 bridgehead atoms. The molecule has 0 amide bonds. The van der Waals surface area contributed by atoms with Crippen LogP contribution < -0.4 is 0 Å². The lowest BCUT2D eigenvalue weighted by molar-refractivity contribution is 0.290. The fourth-order valence-electron chi connectivity index (χ4n) is 2.93. The topological polar surface area (TPSA) is 0 Å². The van der Waals surface area contributed by atoms with E-state index in [0.717, 1.165) is 5.92 Å². The van der Waals surface area contributed by atoms with Gasteiger partial charge in [0, 0.05) is 0 Å². The predicted molar refractivity (Wildman–Crippen MR) is 89.6 cm³/mol. The van der Waals surface area contributed by atoms with Crippen LogP contribution in [0, 0.1) is 11.3 Å². The third kappa shape index (κ3) is 9.30. The molecule has 0 radical (unpaired) electrons. The van der Waals surface area contributed by atoms with Crippen molar-refractivity contribution < 1.29 is 0 Å². The summed E-state index contributed by atoms with van der Waals surface area (Å²) in [7, 11) is 0. The van der Waals surface area contributed by atoms with Crippen LogP contribution in [0.15, 0.2) is 11.6 Å². The standard InChI is InChI=1S/C19H38/c1-7-10-11-12-15-19(5,6)16-14-18(9-3)17(4)13-8-2/h9,17H,7-8,10-16H2,1-6H3. The molecule has 19 heavy (non-hydrogen) atoms. The highest BCUT2D eigenvalue weighted by Crippen LogP contribution is 2.33. The maximum absolute atomic E-state index is 2.46. The van der Waals surface area contributed by atoms with Crippen molar-refractivity contribution in [3.8, 4) is 0 Å². The Morgan fingerprint density at radius 1 is 1.00 bits per heavy atom. The van der Waals surface area contributed by atoms with Crippen LogP contribution in [0.4, 0.5) is 0 Å². The average Bonchev–Trinajstić information content (AvgIpc) is 2.36. The Balaban J connectivity index is 4.05. The smallest absolute Gasteiger partial charge is 0.0232 e. The average molecular weight is 267 g/mol. The molecule has 0 aromatic heterocycles. The lowest BCUT2D eigenvalue weighted by Crippen LogP contribution is -2.13. The molecule has 0 aliphatic carbocycles. The molecule has 0 rings (SSSR count). The van der Waals surface area contributed by atoms with Crippen LogP contribution in [-0.4, -0.2) is 0 Å². The fraction of sp³-hybridized carbons (Fsp3) is 0.895. The Morgan fingerprint density at radius 2 is 1.68 bits per heavy atom. The molecule has 0 nitrogen and oxygen atoms in total. The van der Waals surface area contributed by atoms with Crippen molar-refractivity contribution in [2.45, 2.75) is 99.3 Å². The highest BCUT2D eigenvalue weighted by molar-refractivity contribution is 5.04. The largest absolute Gasteiger partial charge is 0.0882 e. The molecule has 0 spiro atoms. The van der Waals surface area contributed by atoms with E-state index < -0.39 is 0 Å². The normalized spacial score (nSPS) is 14.7. The van der Waals surface area contributed by atoms with Crippen molar-refractivity contribution in [3.05, 3.63) is 11.6 Å². The molecule has 0 saturated carbocycles. The maximum atomic E-state index is 2.46. The Bertz CT molecular complexity index is 234. The van der Waals surface area contributed by atoms with Crippen LogP contribution in [0.2, 0.25) is 0 Å². The molecule has 0 aromatic rings. The van der Waals surface area contributed by atoms with Crippen molar-refractivity contribution in [1.82, 2.24) is 0 Å². The highest BCUT2D eigenvalue weighted by atomic mass is 14.2. The molecule has 0 aliphatic rings. The molecule has 114 valence electrons. The second-order valence-corrected chi connectivity index (χ2v) is 7.03. The lowest BCUT2D eigenvalue weighted by atomic mass is 9.79. The van der Waals surface area contributed by atoms with Gasteiger partial charge in [0.1, 0.15) is 0 Å². The molecule has 0 heterocycles. The van der Waals surface area contributed by atoms with Crippen molar-refractivity contribution in [3.63, 3.8) is 0 Å². The van der Waals surface area contributed by atoms with Crippen LogP contribution in [-0.2, 0) is 0 Å². The number of allylic oxidation sites excluding steroid dienone is 2. The first kappa shape index (κ1) is 18.7. The highest BCUT2D eigenvalue weighted by Gasteiger charge is 2.18. The van der Waals surface area contributed by atoms with Gasteiger partial charge >= 0.3 is 0 Å². The molecule has 0 saturated heterocycles. The van der Waals surface area contributed by atoms with E-state index in [-0.39, 0.29) is 0 Å². The number of hydrogen-bond donors (Lipinski definition) is 0. The van der Waals surface area contributed by atoms with Gasteiger partial charge in [-0.15, -0.1) is 0 Å². The molecular weight excluding hydrogens is 228 g/mol. The second kappa shape index (κ2) is 10.5. The summed E-state index contributed by atoms with van der Waals surface area (Å²) in [6.45, 7) is 14.1. The summed E-state index contributed by atoms with van der Waals surface area (Å²) in [6, 6.07) is 0. The Morgan fingerprint density at radius 3 is 2.21 bits per heavy atom. The Kier molecular flexibility index (Phi) is 10.4. The van der Waals surface area contributed by atoms with Crippen LogP contribution in [0.3, 0.4) is 0 Å². The van der Waals surface area contributed by atoms with Gasteiger partial charge < -0.3 is 0 Å². The van der Waals surface area contributed by atoms with Gasteiger partial charge in [-0.3, -0.25) is 0 Å². The Hall–Kier alpha value is -0.260. The molecular formula is C19H38. The van der Waals surface area contributed by atoms with Crippen molar-refractivity contribution in [2.24, 2.45) is 11.3 Å². The van der Waals surface area contributed by atoms with Crippen LogP contribution >= 0.6 is 0 Å². The summed E-state index contributed by atoms with van der Waals surface area (Å²) in [5.41, 5.74) is 2.21. The minimum Gasteiger partial charge on any atom is -0.0882 e. The molecule has 0 N–H and O–H groups in total. The second-order valence-electron chi connectivity index (χ2n) is 7.03. The van der Waals surface area contributed by atoms with Gasteiger partial charge in [0.05, 0.1) is 0 Å². The fourth-order valence-corrected chi connectivity index (χ4v) is 2.93. The van der Waals surface area contributed by atoms with Crippen LogP contribution in [0.1, 0.15) is 99.3 Å². The lowest BCUT2D eigenvalue weighted by Gasteiger charge is -2.26. The van der Waals surface area contributed by atoms with E-state index in [0.29, 0.717) is 5.41 Å². The molecule has 1 atom stereocenters. The van der Waals surface area contributed by atoms with Gasteiger partial charge in [-0.05, 0) is 43.9 Å². The van der Waals surface area contributed by atoms with E-state index in [2.05, 4.69) is 47.6 Å². The maximum Gasteiger partial charge on any atom is -0.0232 e. The molecule has 0 aliphatic heterocycles. The van der Waals surface area contributed by atoms with Crippen molar-refractivity contribution in [2.75, 3.05) is 0 Å². The first-order valence-electron chi connectivity index (χ1n) is 8.62. The Labute approximate surface area is 123 Å². The summed E-state index contributed by atoms with van der Waals surface area (Å²) >= 11 is 0. The zero-order valence-electron chi connectivity index (χ0n) is 14.5. The van der Waals surface area contributed by atoms with Gasteiger partial charge in [-0.1, -0.05) is 78.4 Å². The minimum absolute atomic E-state index is 0.522. The molecule has 0 heteroatoms. The molecule has 1 unspecified atom stereocenters. The summed E-state index contributed by atoms with van der Waals surface area (Å²) < 4.78 is 0. The van der Waals surface area contributed by atoms with Gasteiger partial charge in [-0.2, -0.15) is 0 Å². The summed E-state index contributed by atoms with van der Waals surface area (Å²) in [4.78, 5) is 0. The van der Waals surface area contributed by atoms with E-state index in [9.17, 15) is 0 Å². The molecule has 0 fully saturated rings. The van der Waals surface area contributed by atoms with Gasteiger partial charge in [0.25, 0.3) is 0 Å². The monoisotopic (exact) mass is 266 g/mol. The van der Waals surface area contributed by atoms with Crippen molar-refractivity contribution >= 4 is 0 Å². The number of rotatable bonds is 11. The van der Waals surface area contributed by atoms with E-state index in [1.54, 1.807) is 5.57 Å². The van der Waals surface area contributed by atoms with Crippen molar-refractivity contribution in [1.29, 1.82) is 0 Å². The van der Waals surface area contributed by atoms with Gasteiger partial charge in [0.15, 0.2) is 0 Å². The first-order valence-corrected chi connectivity index (χ1v) is 8.62. The number of hydrogen-bond acceptors (Lipinski definition) is 0. The zero-order chi connectivity index (χ0) is 14.7. The quantitative estimate of drug-likeness (QED) is 0.275. The zero-order valence-corrected chi connectivity index (χ0v) is 14.5. The summed E-state index contributed by atoms with van der Waals surface area (Å²) in [5.74, 6) is 0.783. The SMILES string of the molecule is CC=C(CCC(C)(C)CCCCCC)C(C)CCC. The van der Waals surface area contributed by atoms with Gasteiger partial charge in [-0.25, -0.2) is 0 Å². The summed E-state index contributed by atoms with van der Waals surface area (Å²) in [6.07, 6.45) is 14.7. The number of unbranched alkanes of at least 4 members (excludes halogenated alkanes) is 3. The third-order valence-electron chi connectivity index (χ3n) is 4.52. The third-order valence-corrected chi connectivity index (χ3v) is 4.52. The van der Waals surface area contributed by atoms with Crippen LogP contribution in [0.25, 0.3) is 0 Å². The van der Waals surface area contributed by atoms with E-state index in [4.69, 9.17) is 0 Å². The first-order chi connectivity index (χ1) is 8.96. The molecule has 0 aromatic carbocycles. The minimum atomic E-state index is 0.522.